The van der Waals surface area contributed by atoms with Gasteiger partial charge in [0.25, 0.3) is 0 Å². The Morgan fingerprint density at radius 3 is 2.73 bits per heavy atom. The van der Waals surface area contributed by atoms with Gasteiger partial charge in [-0.15, -0.1) is 11.3 Å². The van der Waals surface area contributed by atoms with Gasteiger partial charge in [-0.05, 0) is 41.2 Å². The van der Waals surface area contributed by atoms with Crippen molar-refractivity contribution >= 4 is 27.3 Å². The maximum Gasteiger partial charge on any atom is 0.0589 e. The lowest BCUT2D eigenvalue weighted by molar-refractivity contribution is 0.125. The molecule has 2 nitrogen and oxygen atoms in total. The Balaban J connectivity index is 2.54. The summed E-state index contributed by atoms with van der Waals surface area (Å²) in [6.07, 6.45) is 0. The monoisotopic (exact) mass is 291 g/mol. The first-order chi connectivity index (χ1) is 7.15. The van der Waals surface area contributed by atoms with Crippen LogP contribution in [0.3, 0.4) is 0 Å². The number of ether oxygens (including phenoxy) is 1. The lowest BCUT2D eigenvalue weighted by Crippen LogP contribution is -2.33. The maximum atomic E-state index is 5.12. The molecule has 1 aromatic heterocycles. The summed E-state index contributed by atoms with van der Waals surface area (Å²) in [4.78, 5) is 3.81. The van der Waals surface area contributed by atoms with Crippen LogP contribution in [0.25, 0.3) is 0 Å². The van der Waals surface area contributed by atoms with Gasteiger partial charge in [0, 0.05) is 35.6 Å². The van der Waals surface area contributed by atoms with Crippen molar-refractivity contribution in [1.29, 1.82) is 0 Å². The second-order valence-electron chi connectivity index (χ2n) is 3.75. The summed E-state index contributed by atoms with van der Waals surface area (Å²) < 4.78 is 6.34. The van der Waals surface area contributed by atoms with Crippen molar-refractivity contribution in [2.24, 2.45) is 0 Å². The molecule has 0 amide bonds. The van der Waals surface area contributed by atoms with Gasteiger partial charge < -0.3 is 4.74 Å². The third-order valence-corrected chi connectivity index (χ3v) is 4.26. The van der Waals surface area contributed by atoms with Crippen LogP contribution >= 0.6 is 27.3 Å². The van der Waals surface area contributed by atoms with Crippen molar-refractivity contribution in [2.75, 3.05) is 20.3 Å². The van der Waals surface area contributed by atoms with Gasteiger partial charge in [0.1, 0.15) is 0 Å². The SMILES string of the molecule is COCCN(Cc1sccc1Br)C(C)C. The van der Waals surface area contributed by atoms with E-state index in [1.54, 1.807) is 18.4 Å². The summed E-state index contributed by atoms with van der Waals surface area (Å²) in [5.41, 5.74) is 0. The Labute approximate surface area is 104 Å². The fourth-order valence-electron chi connectivity index (χ4n) is 1.35. The third kappa shape index (κ3) is 4.23. The van der Waals surface area contributed by atoms with E-state index in [-0.39, 0.29) is 0 Å². The third-order valence-electron chi connectivity index (χ3n) is 2.35. The number of halogens is 1. The van der Waals surface area contributed by atoms with Gasteiger partial charge in [-0.25, -0.2) is 0 Å². The Bertz CT molecular complexity index is 288. The van der Waals surface area contributed by atoms with Gasteiger partial charge in [0.05, 0.1) is 6.61 Å². The molecule has 0 aliphatic heterocycles. The zero-order chi connectivity index (χ0) is 11.3. The highest BCUT2D eigenvalue weighted by molar-refractivity contribution is 9.10. The molecule has 0 N–H and O–H groups in total. The normalized spacial score (nSPS) is 11.6. The van der Waals surface area contributed by atoms with Crippen LogP contribution in [-0.4, -0.2) is 31.2 Å². The van der Waals surface area contributed by atoms with E-state index in [0.717, 1.165) is 19.7 Å². The van der Waals surface area contributed by atoms with E-state index in [2.05, 4.69) is 46.1 Å². The molecule has 0 aromatic carbocycles. The summed E-state index contributed by atoms with van der Waals surface area (Å²) in [6.45, 7) is 7.22. The van der Waals surface area contributed by atoms with Crippen LogP contribution in [-0.2, 0) is 11.3 Å². The predicted molar refractivity (Wildman–Crippen MR) is 69.4 cm³/mol. The minimum absolute atomic E-state index is 0.550. The van der Waals surface area contributed by atoms with E-state index >= 15 is 0 Å². The highest BCUT2D eigenvalue weighted by Crippen LogP contribution is 2.24. The van der Waals surface area contributed by atoms with Crippen LogP contribution in [0, 0.1) is 0 Å². The van der Waals surface area contributed by atoms with Gasteiger partial charge >= 0.3 is 0 Å². The number of methoxy groups -OCH3 is 1. The lowest BCUT2D eigenvalue weighted by atomic mass is 10.3. The van der Waals surface area contributed by atoms with E-state index in [0.29, 0.717) is 6.04 Å². The zero-order valence-corrected chi connectivity index (χ0v) is 11.9. The van der Waals surface area contributed by atoms with Gasteiger partial charge in [-0.2, -0.15) is 0 Å². The van der Waals surface area contributed by atoms with E-state index in [1.807, 2.05) is 0 Å². The zero-order valence-electron chi connectivity index (χ0n) is 9.50. The quantitative estimate of drug-likeness (QED) is 0.797. The average molecular weight is 292 g/mol. The first kappa shape index (κ1) is 13.2. The van der Waals surface area contributed by atoms with Gasteiger partial charge in [-0.1, -0.05) is 0 Å². The molecule has 86 valence electrons. The number of hydrogen-bond donors (Lipinski definition) is 0. The molecule has 0 aliphatic rings. The molecule has 0 fully saturated rings. The van der Waals surface area contributed by atoms with Crippen LogP contribution in [0.5, 0.6) is 0 Å². The molecular formula is C11H18BrNOS. The van der Waals surface area contributed by atoms with Crippen LogP contribution in [0.2, 0.25) is 0 Å². The van der Waals surface area contributed by atoms with E-state index < -0.39 is 0 Å². The molecule has 0 radical (unpaired) electrons. The molecule has 0 spiro atoms. The summed E-state index contributed by atoms with van der Waals surface area (Å²) in [7, 11) is 1.75. The topological polar surface area (TPSA) is 12.5 Å². The molecule has 0 saturated carbocycles. The average Bonchev–Trinajstić information content (AvgIpc) is 2.58. The van der Waals surface area contributed by atoms with Crippen molar-refractivity contribution < 1.29 is 4.74 Å². The van der Waals surface area contributed by atoms with E-state index in [9.17, 15) is 0 Å². The molecule has 15 heavy (non-hydrogen) atoms. The highest BCUT2D eigenvalue weighted by atomic mass is 79.9. The molecule has 1 heterocycles. The molecule has 0 unspecified atom stereocenters. The Kier molecular flexibility index (Phi) is 5.82. The maximum absolute atomic E-state index is 5.12. The Hall–Kier alpha value is 0.100. The summed E-state index contributed by atoms with van der Waals surface area (Å²) in [6, 6.07) is 2.66. The number of rotatable bonds is 6. The number of nitrogens with zero attached hydrogens (tertiary/aromatic N) is 1. The van der Waals surface area contributed by atoms with Crippen LogP contribution in [0.4, 0.5) is 0 Å². The lowest BCUT2D eigenvalue weighted by Gasteiger charge is -2.25. The fraction of sp³-hybridized carbons (Fsp3) is 0.636. The van der Waals surface area contributed by atoms with E-state index in [1.165, 1.54) is 9.35 Å². The van der Waals surface area contributed by atoms with Crippen molar-refractivity contribution in [3.8, 4) is 0 Å². The van der Waals surface area contributed by atoms with Crippen LogP contribution < -0.4 is 0 Å². The molecule has 0 bridgehead atoms. The van der Waals surface area contributed by atoms with Crippen molar-refractivity contribution in [1.82, 2.24) is 4.90 Å². The van der Waals surface area contributed by atoms with E-state index in [4.69, 9.17) is 4.74 Å². The summed E-state index contributed by atoms with van der Waals surface area (Å²) >= 11 is 5.36. The minimum atomic E-state index is 0.550. The van der Waals surface area contributed by atoms with Gasteiger partial charge in [-0.3, -0.25) is 4.90 Å². The molecule has 1 rings (SSSR count). The number of thiophene rings is 1. The predicted octanol–water partition coefficient (Wildman–Crippen LogP) is 3.37. The highest BCUT2D eigenvalue weighted by Gasteiger charge is 2.12. The molecule has 4 heteroatoms. The summed E-state index contributed by atoms with van der Waals surface area (Å²) in [5.74, 6) is 0. The minimum Gasteiger partial charge on any atom is -0.383 e. The first-order valence-corrected chi connectivity index (χ1v) is 6.77. The van der Waals surface area contributed by atoms with Crippen LogP contribution in [0.1, 0.15) is 18.7 Å². The van der Waals surface area contributed by atoms with Crippen LogP contribution in [0.15, 0.2) is 15.9 Å². The Morgan fingerprint density at radius 2 is 2.27 bits per heavy atom. The second-order valence-corrected chi connectivity index (χ2v) is 5.60. The largest absolute Gasteiger partial charge is 0.383 e. The molecule has 0 aliphatic carbocycles. The second kappa shape index (κ2) is 6.63. The van der Waals surface area contributed by atoms with Crippen molar-refractivity contribution in [3.05, 3.63) is 20.8 Å². The van der Waals surface area contributed by atoms with Crippen molar-refractivity contribution in [2.45, 2.75) is 26.4 Å². The standard InChI is InChI=1S/C11H18BrNOS/c1-9(2)13(5-6-14-3)8-11-10(12)4-7-15-11/h4,7,9H,5-6,8H2,1-3H3. The smallest absolute Gasteiger partial charge is 0.0589 e. The molecular weight excluding hydrogens is 274 g/mol. The molecule has 0 saturated heterocycles. The fourth-order valence-corrected chi connectivity index (χ4v) is 2.85. The Morgan fingerprint density at radius 1 is 1.53 bits per heavy atom. The first-order valence-electron chi connectivity index (χ1n) is 5.10. The molecule has 1 aromatic rings. The summed E-state index contributed by atoms with van der Waals surface area (Å²) in [5, 5.41) is 2.12. The van der Waals surface area contributed by atoms with Crippen molar-refractivity contribution in [3.63, 3.8) is 0 Å². The molecule has 0 atom stereocenters. The number of hydrogen-bond acceptors (Lipinski definition) is 3. The van der Waals surface area contributed by atoms with Gasteiger partial charge in [0.15, 0.2) is 0 Å². The van der Waals surface area contributed by atoms with Gasteiger partial charge in [0.2, 0.25) is 0 Å².